The van der Waals surface area contributed by atoms with Gasteiger partial charge in [0.25, 0.3) is 0 Å². The Bertz CT molecular complexity index is 177. The van der Waals surface area contributed by atoms with Gasteiger partial charge in [0.2, 0.25) is 5.91 Å². The van der Waals surface area contributed by atoms with E-state index in [1.165, 1.54) is 0 Å². The summed E-state index contributed by atoms with van der Waals surface area (Å²) in [5.41, 5.74) is -0.0648. The number of carbonyl (C=O) groups excluding carboxylic acids is 1. The number of amides is 1. The van der Waals surface area contributed by atoms with Gasteiger partial charge in [0.05, 0.1) is 0 Å². The summed E-state index contributed by atoms with van der Waals surface area (Å²) in [7, 11) is 0. The molecule has 0 aromatic heterocycles. The summed E-state index contributed by atoms with van der Waals surface area (Å²) in [5.74, 6) is 0.133. The van der Waals surface area contributed by atoms with Crippen LogP contribution in [0.3, 0.4) is 0 Å². The molecule has 1 N–H and O–H groups in total. The predicted molar refractivity (Wildman–Crippen MR) is 56.5 cm³/mol. The fourth-order valence-corrected chi connectivity index (χ4v) is 0.710. The van der Waals surface area contributed by atoms with Crippen molar-refractivity contribution in [3.63, 3.8) is 0 Å². The molecule has 2 heteroatoms. The van der Waals surface area contributed by atoms with Crippen LogP contribution in [0.5, 0.6) is 0 Å². The first-order valence-corrected chi connectivity index (χ1v) is 4.97. The molecular formula is C11H23NO. The van der Waals surface area contributed by atoms with Crippen molar-refractivity contribution in [3.8, 4) is 0 Å². The average Bonchev–Trinajstić information content (AvgIpc) is 1.98. The lowest BCUT2D eigenvalue weighted by Crippen LogP contribution is -2.40. The Balaban J connectivity index is 3.98. The Morgan fingerprint density at radius 1 is 1.15 bits per heavy atom. The van der Waals surface area contributed by atoms with E-state index in [4.69, 9.17) is 0 Å². The van der Waals surface area contributed by atoms with Crippen molar-refractivity contribution >= 4 is 5.91 Å². The summed E-state index contributed by atoms with van der Waals surface area (Å²) in [6, 6.07) is 0. The minimum atomic E-state index is -0.274. The van der Waals surface area contributed by atoms with Crippen LogP contribution in [0.1, 0.15) is 48.0 Å². The van der Waals surface area contributed by atoms with Crippen LogP contribution in [-0.4, -0.2) is 12.5 Å². The van der Waals surface area contributed by atoms with E-state index in [-0.39, 0.29) is 16.7 Å². The van der Waals surface area contributed by atoms with Gasteiger partial charge in [-0.1, -0.05) is 41.5 Å². The van der Waals surface area contributed by atoms with Crippen LogP contribution in [0.2, 0.25) is 0 Å². The van der Waals surface area contributed by atoms with Gasteiger partial charge < -0.3 is 5.32 Å². The molecule has 0 unspecified atom stereocenters. The van der Waals surface area contributed by atoms with E-state index in [9.17, 15) is 4.79 Å². The van der Waals surface area contributed by atoms with Gasteiger partial charge in [-0.15, -0.1) is 0 Å². The smallest absolute Gasteiger partial charge is 0.225 e. The largest absolute Gasteiger partial charge is 0.355 e. The van der Waals surface area contributed by atoms with E-state index < -0.39 is 0 Å². The molecular weight excluding hydrogens is 162 g/mol. The zero-order chi connectivity index (χ0) is 10.7. The maximum atomic E-state index is 11.5. The summed E-state index contributed by atoms with van der Waals surface area (Å²) in [6.07, 6.45) is 1.08. The number of rotatable bonds is 3. The van der Waals surface area contributed by atoms with Gasteiger partial charge in [-0.05, 0) is 11.8 Å². The lowest BCUT2D eigenvalue weighted by atomic mass is 9.89. The van der Waals surface area contributed by atoms with Gasteiger partial charge in [0, 0.05) is 12.0 Å². The van der Waals surface area contributed by atoms with Crippen LogP contribution >= 0.6 is 0 Å². The molecule has 0 fully saturated rings. The third-order valence-corrected chi connectivity index (χ3v) is 2.37. The second-order valence-corrected chi connectivity index (χ2v) is 5.45. The van der Waals surface area contributed by atoms with Crippen LogP contribution in [0.15, 0.2) is 0 Å². The third kappa shape index (κ3) is 4.91. The van der Waals surface area contributed by atoms with E-state index in [2.05, 4.69) is 26.1 Å². The molecule has 0 saturated heterocycles. The maximum absolute atomic E-state index is 11.5. The molecule has 0 aromatic carbocycles. The average molecular weight is 185 g/mol. The minimum Gasteiger partial charge on any atom is -0.355 e. The molecule has 78 valence electrons. The molecule has 0 heterocycles. The summed E-state index contributed by atoms with van der Waals surface area (Å²) in [6.45, 7) is 13.0. The Morgan fingerprint density at radius 2 is 1.62 bits per heavy atom. The van der Waals surface area contributed by atoms with Gasteiger partial charge in [-0.25, -0.2) is 0 Å². The van der Waals surface area contributed by atoms with Gasteiger partial charge in [-0.3, -0.25) is 4.79 Å². The highest BCUT2D eigenvalue weighted by Gasteiger charge is 2.23. The lowest BCUT2D eigenvalue weighted by Gasteiger charge is -2.26. The third-order valence-electron chi connectivity index (χ3n) is 2.37. The summed E-state index contributed by atoms with van der Waals surface area (Å²) < 4.78 is 0. The van der Waals surface area contributed by atoms with Gasteiger partial charge in [0.15, 0.2) is 0 Å². The van der Waals surface area contributed by atoms with Crippen molar-refractivity contribution in [2.24, 2.45) is 10.8 Å². The molecule has 13 heavy (non-hydrogen) atoms. The SMILES string of the molecule is CCC(C)(C)CNC(=O)C(C)(C)C. The van der Waals surface area contributed by atoms with E-state index in [0.717, 1.165) is 13.0 Å². The van der Waals surface area contributed by atoms with Crippen LogP contribution in [0.25, 0.3) is 0 Å². The van der Waals surface area contributed by atoms with Gasteiger partial charge >= 0.3 is 0 Å². The van der Waals surface area contributed by atoms with Crippen molar-refractivity contribution < 1.29 is 4.79 Å². The van der Waals surface area contributed by atoms with E-state index in [0.29, 0.717) is 0 Å². The zero-order valence-electron chi connectivity index (χ0n) is 9.82. The normalized spacial score (nSPS) is 12.8. The fraction of sp³-hybridized carbons (Fsp3) is 0.909. The molecule has 0 aromatic rings. The summed E-state index contributed by atoms with van der Waals surface area (Å²) in [4.78, 5) is 11.5. The van der Waals surface area contributed by atoms with Crippen LogP contribution in [0, 0.1) is 10.8 Å². The molecule has 2 nitrogen and oxygen atoms in total. The molecule has 0 spiro atoms. The van der Waals surface area contributed by atoms with Crippen molar-refractivity contribution in [2.75, 3.05) is 6.54 Å². The Kier molecular flexibility index (Phi) is 3.95. The lowest BCUT2D eigenvalue weighted by molar-refractivity contribution is -0.128. The van der Waals surface area contributed by atoms with Gasteiger partial charge in [0.1, 0.15) is 0 Å². The molecule has 0 radical (unpaired) electrons. The molecule has 0 saturated carbocycles. The Morgan fingerprint density at radius 3 is 1.92 bits per heavy atom. The van der Waals surface area contributed by atoms with E-state index >= 15 is 0 Å². The molecule has 0 aliphatic heterocycles. The van der Waals surface area contributed by atoms with Crippen LogP contribution < -0.4 is 5.32 Å². The predicted octanol–water partition coefficient (Wildman–Crippen LogP) is 2.58. The standard InChI is InChI=1S/C11H23NO/c1-7-11(5,6)8-12-9(13)10(2,3)4/h7-8H2,1-6H3,(H,12,13). The molecule has 0 atom stereocenters. The van der Waals surface area contributed by atoms with Gasteiger partial charge in [-0.2, -0.15) is 0 Å². The maximum Gasteiger partial charge on any atom is 0.225 e. The van der Waals surface area contributed by atoms with Crippen molar-refractivity contribution in [2.45, 2.75) is 48.0 Å². The van der Waals surface area contributed by atoms with Crippen LogP contribution in [-0.2, 0) is 4.79 Å². The Hall–Kier alpha value is -0.530. The van der Waals surface area contributed by atoms with Crippen molar-refractivity contribution in [1.29, 1.82) is 0 Å². The topological polar surface area (TPSA) is 29.1 Å². The van der Waals surface area contributed by atoms with Crippen LogP contribution in [0.4, 0.5) is 0 Å². The molecule has 1 amide bonds. The number of carbonyl (C=O) groups is 1. The number of hydrogen-bond acceptors (Lipinski definition) is 1. The fourth-order valence-electron chi connectivity index (χ4n) is 0.710. The second-order valence-electron chi connectivity index (χ2n) is 5.45. The zero-order valence-corrected chi connectivity index (χ0v) is 9.82. The molecule has 0 bridgehead atoms. The highest BCUT2D eigenvalue weighted by Crippen LogP contribution is 2.19. The Labute approximate surface area is 82.1 Å². The highest BCUT2D eigenvalue weighted by atomic mass is 16.2. The first-order chi connectivity index (χ1) is 5.69. The minimum absolute atomic E-state index is 0.133. The molecule has 0 rings (SSSR count). The van der Waals surface area contributed by atoms with Crippen molar-refractivity contribution in [3.05, 3.63) is 0 Å². The second kappa shape index (κ2) is 4.12. The highest BCUT2D eigenvalue weighted by molar-refractivity contribution is 5.81. The first kappa shape index (κ1) is 12.5. The summed E-state index contributed by atoms with van der Waals surface area (Å²) >= 11 is 0. The monoisotopic (exact) mass is 185 g/mol. The summed E-state index contributed by atoms with van der Waals surface area (Å²) in [5, 5.41) is 2.97. The number of nitrogens with one attached hydrogen (secondary N) is 1. The van der Waals surface area contributed by atoms with E-state index in [1.807, 2.05) is 20.8 Å². The first-order valence-electron chi connectivity index (χ1n) is 4.97. The van der Waals surface area contributed by atoms with Crippen molar-refractivity contribution in [1.82, 2.24) is 5.32 Å². The molecule has 0 aliphatic carbocycles. The quantitative estimate of drug-likeness (QED) is 0.719. The molecule has 0 aliphatic rings. The number of hydrogen-bond donors (Lipinski definition) is 1. The van der Waals surface area contributed by atoms with E-state index in [1.54, 1.807) is 0 Å².